The minimum atomic E-state index is -3.67. The van der Waals surface area contributed by atoms with E-state index in [1.807, 2.05) is 0 Å². The molecule has 0 aromatic heterocycles. The maximum atomic E-state index is 12.1. The molecule has 1 heterocycles. The van der Waals surface area contributed by atoms with E-state index in [1.54, 1.807) is 0 Å². The number of rotatable bonds is 3. The zero-order chi connectivity index (χ0) is 14.3. The molecule has 0 unspecified atom stereocenters. The summed E-state index contributed by atoms with van der Waals surface area (Å²) >= 11 is 0. The highest BCUT2D eigenvalue weighted by atomic mass is 32.2. The first-order chi connectivity index (χ1) is 7.98. The van der Waals surface area contributed by atoms with E-state index in [4.69, 9.17) is 5.11 Å². The molecule has 2 N–H and O–H groups in total. The predicted octanol–water partition coefficient (Wildman–Crippen LogP) is -1.14. The van der Waals surface area contributed by atoms with E-state index in [1.165, 1.54) is 13.8 Å². The normalized spacial score (nSPS) is 25.2. The zero-order valence-corrected chi connectivity index (χ0v) is 11.3. The molecule has 1 amide bonds. The van der Waals surface area contributed by atoms with Crippen LogP contribution in [0, 0.1) is 0 Å². The van der Waals surface area contributed by atoms with Gasteiger partial charge in [-0.25, -0.2) is 13.2 Å². The van der Waals surface area contributed by atoms with Crippen molar-refractivity contribution in [3.8, 4) is 0 Å². The molecule has 0 radical (unpaired) electrons. The number of carbonyl (C=O) groups is 2. The topological polar surface area (TPSA) is 112 Å². The van der Waals surface area contributed by atoms with Crippen LogP contribution < -0.4 is 0 Å². The van der Waals surface area contributed by atoms with Crippen LogP contribution >= 0.6 is 0 Å². The minimum absolute atomic E-state index is 0.0824. The number of β-amino-alcohol motifs (C(OH)–C–C–N with tert-alkyl or cyclic N) is 1. The predicted molar refractivity (Wildman–Crippen MR) is 62.7 cm³/mol. The Morgan fingerprint density at radius 1 is 1.33 bits per heavy atom. The first-order valence-corrected chi connectivity index (χ1v) is 7.29. The molecule has 2 atom stereocenters. The number of amides is 1. The third-order valence-corrected chi connectivity index (χ3v) is 5.30. The Labute approximate surface area is 105 Å². The Bertz CT molecular complexity index is 469. The van der Waals surface area contributed by atoms with Crippen LogP contribution in [0.5, 0.6) is 0 Å². The lowest BCUT2D eigenvalue weighted by Crippen LogP contribution is -2.53. The Balaban J connectivity index is 3.07. The molecule has 1 saturated heterocycles. The van der Waals surface area contributed by atoms with Crippen molar-refractivity contribution in [2.45, 2.75) is 37.2 Å². The summed E-state index contributed by atoms with van der Waals surface area (Å²) in [6, 6.07) is -1.17. The number of aliphatic carboxylic acids is 1. The van der Waals surface area contributed by atoms with Crippen LogP contribution in [0.1, 0.15) is 20.3 Å². The van der Waals surface area contributed by atoms with E-state index in [0.717, 1.165) is 11.2 Å². The van der Waals surface area contributed by atoms with Gasteiger partial charge in [-0.1, -0.05) is 0 Å². The first kappa shape index (κ1) is 14.9. The molecular weight excluding hydrogens is 262 g/mol. The molecule has 18 heavy (non-hydrogen) atoms. The second-order valence-corrected chi connectivity index (χ2v) is 7.55. The van der Waals surface area contributed by atoms with Gasteiger partial charge >= 0.3 is 5.97 Å². The molecule has 8 heteroatoms. The van der Waals surface area contributed by atoms with Gasteiger partial charge in [-0.3, -0.25) is 4.79 Å². The molecule has 0 spiro atoms. The number of hydrogen-bond acceptors (Lipinski definition) is 5. The van der Waals surface area contributed by atoms with E-state index in [-0.39, 0.29) is 13.0 Å². The van der Waals surface area contributed by atoms with Gasteiger partial charge in [-0.2, -0.15) is 0 Å². The van der Waals surface area contributed by atoms with Gasteiger partial charge in [0.1, 0.15) is 10.8 Å². The Kier molecular flexibility index (Phi) is 3.73. The van der Waals surface area contributed by atoms with Gasteiger partial charge in [-0.05, 0) is 13.8 Å². The van der Waals surface area contributed by atoms with Crippen molar-refractivity contribution in [3.05, 3.63) is 0 Å². The summed E-state index contributed by atoms with van der Waals surface area (Å²) in [5.41, 5.74) is 0. The fourth-order valence-electron chi connectivity index (χ4n) is 1.78. The first-order valence-electron chi connectivity index (χ1n) is 5.40. The van der Waals surface area contributed by atoms with Crippen molar-refractivity contribution in [2.24, 2.45) is 0 Å². The maximum Gasteiger partial charge on any atom is 0.326 e. The summed E-state index contributed by atoms with van der Waals surface area (Å²) < 4.78 is 21.4. The van der Waals surface area contributed by atoms with Crippen molar-refractivity contribution in [1.29, 1.82) is 0 Å². The fourth-order valence-corrected chi connectivity index (χ4v) is 2.21. The molecule has 7 nitrogen and oxygen atoms in total. The third kappa shape index (κ3) is 2.49. The Morgan fingerprint density at radius 3 is 2.22 bits per heavy atom. The summed E-state index contributed by atoms with van der Waals surface area (Å²) in [5, 5.41) is 18.4. The summed E-state index contributed by atoms with van der Waals surface area (Å²) in [6.45, 7) is 2.30. The fraction of sp³-hybridized carbons (Fsp3) is 0.800. The molecule has 1 aliphatic heterocycles. The van der Waals surface area contributed by atoms with Crippen LogP contribution in [-0.2, 0) is 19.4 Å². The molecule has 1 rings (SSSR count). The number of aliphatic hydroxyl groups excluding tert-OH is 1. The van der Waals surface area contributed by atoms with E-state index in [2.05, 4.69) is 0 Å². The third-order valence-electron chi connectivity index (χ3n) is 3.27. The average molecular weight is 279 g/mol. The van der Waals surface area contributed by atoms with Crippen LogP contribution in [0.3, 0.4) is 0 Å². The van der Waals surface area contributed by atoms with Crippen LogP contribution in [0.25, 0.3) is 0 Å². The lowest BCUT2D eigenvalue weighted by atomic mass is 10.1. The molecule has 0 bridgehead atoms. The lowest BCUT2D eigenvalue weighted by Gasteiger charge is -2.30. The number of carbonyl (C=O) groups excluding carboxylic acids is 1. The molecular formula is C10H17NO6S. The quantitative estimate of drug-likeness (QED) is 0.675. The Hall–Kier alpha value is -1.15. The van der Waals surface area contributed by atoms with Crippen LogP contribution in [0.4, 0.5) is 0 Å². The summed E-state index contributed by atoms with van der Waals surface area (Å²) in [5.74, 6) is -2.04. The number of sulfone groups is 1. The zero-order valence-electron chi connectivity index (χ0n) is 10.5. The van der Waals surface area contributed by atoms with Crippen LogP contribution in [0.2, 0.25) is 0 Å². The van der Waals surface area contributed by atoms with Gasteiger partial charge in [0, 0.05) is 19.2 Å². The van der Waals surface area contributed by atoms with Gasteiger partial charge in [0.25, 0.3) is 0 Å². The summed E-state index contributed by atoms with van der Waals surface area (Å²) in [6.07, 6.45) is -0.0981. The van der Waals surface area contributed by atoms with Crippen LogP contribution in [0.15, 0.2) is 0 Å². The standard InChI is InChI=1S/C10H17NO6S/c1-10(2,18(3,16)17)9(15)11-5-6(12)4-7(11)8(13)14/h6-7,12H,4-5H2,1-3H3,(H,13,14)/t6-,7-/m1/s1. The van der Waals surface area contributed by atoms with Gasteiger partial charge in [0.2, 0.25) is 5.91 Å². The molecule has 0 aromatic rings. The van der Waals surface area contributed by atoms with Crippen molar-refractivity contribution < 1.29 is 28.2 Å². The van der Waals surface area contributed by atoms with Crippen LogP contribution in [-0.4, -0.2) is 65.1 Å². The smallest absolute Gasteiger partial charge is 0.326 e. The van der Waals surface area contributed by atoms with E-state index < -0.39 is 38.6 Å². The van der Waals surface area contributed by atoms with Crippen molar-refractivity contribution in [2.75, 3.05) is 12.8 Å². The number of likely N-dealkylation sites (tertiary alicyclic amines) is 1. The number of hydrogen-bond donors (Lipinski definition) is 2. The van der Waals surface area contributed by atoms with Gasteiger partial charge in [0.15, 0.2) is 9.84 Å². The molecule has 1 aliphatic rings. The van der Waals surface area contributed by atoms with Gasteiger partial charge in [0.05, 0.1) is 6.10 Å². The lowest BCUT2D eigenvalue weighted by molar-refractivity contribution is -0.148. The van der Waals surface area contributed by atoms with E-state index >= 15 is 0 Å². The van der Waals surface area contributed by atoms with E-state index in [9.17, 15) is 23.1 Å². The number of aliphatic hydroxyl groups is 1. The second-order valence-electron chi connectivity index (χ2n) is 4.98. The second kappa shape index (κ2) is 4.51. The molecule has 1 fully saturated rings. The Morgan fingerprint density at radius 2 is 1.83 bits per heavy atom. The SMILES string of the molecule is CC(C)(C(=O)N1C[C@H](O)C[C@@H]1C(=O)O)S(C)(=O)=O. The minimum Gasteiger partial charge on any atom is -0.480 e. The molecule has 0 aliphatic carbocycles. The largest absolute Gasteiger partial charge is 0.480 e. The molecule has 0 saturated carbocycles. The van der Waals surface area contributed by atoms with Crippen molar-refractivity contribution in [3.63, 3.8) is 0 Å². The number of nitrogens with zero attached hydrogens (tertiary/aromatic N) is 1. The van der Waals surface area contributed by atoms with Crippen molar-refractivity contribution in [1.82, 2.24) is 4.90 Å². The summed E-state index contributed by atoms with van der Waals surface area (Å²) in [4.78, 5) is 24.1. The van der Waals surface area contributed by atoms with Gasteiger partial charge < -0.3 is 15.1 Å². The highest BCUT2D eigenvalue weighted by Gasteiger charge is 2.48. The highest BCUT2D eigenvalue weighted by molar-refractivity contribution is 7.92. The van der Waals surface area contributed by atoms with E-state index in [0.29, 0.717) is 0 Å². The molecule has 104 valence electrons. The molecule has 0 aromatic carbocycles. The maximum absolute atomic E-state index is 12.1. The summed E-state index contributed by atoms with van der Waals surface area (Å²) in [7, 11) is -3.67. The highest BCUT2D eigenvalue weighted by Crippen LogP contribution is 2.25. The number of carboxylic acids is 1. The number of carboxylic acid groups (broad SMARTS) is 1. The monoisotopic (exact) mass is 279 g/mol. The van der Waals surface area contributed by atoms with Gasteiger partial charge in [-0.15, -0.1) is 0 Å². The van der Waals surface area contributed by atoms with Crippen molar-refractivity contribution >= 4 is 21.7 Å². The average Bonchev–Trinajstić information content (AvgIpc) is 2.57.